The minimum Gasteiger partial charge on any atom is -0.378 e. The summed E-state index contributed by atoms with van der Waals surface area (Å²) < 4.78 is 6.88. The highest BCUT2D eigenvalue weighted by Gasteiger charge is 2.28. The van der Waals surface area contributed by atoms with Crippen LogP contribution in [0.4, 0.5) is 0 Å². The van der Waals surface area contributed by atoms with Crippen molar-refractivity contribution in [3.8, 4) is 0 Å². The monoisotopic (exact) mass is 301 g/mol. The Morgan fingerprint density at radius 1 is 1.50 bits per heavy atom. The lowest BCUT2D eigenvalue weighted by atomic mass is 10.2. The van der Waals surface area contributed by atoms with Gasteiger partial charge in [0.25, 0.3) is 0 Å². The van der Waals surface area contributed by atoms with Crippen LogP contribution < -0.4 is 0 Å². The molecule has 1 aliphatic rings. The third-order valence-corrected chi connectivity index (χ3v) is 3.82. The maximum absolute atomic E-state index is 12.3. The average molecular weight is 301 g/mol. The predicted octanol–water partition coefficient (Wildman–Crippen LogP) is 0.836. The van der Waals surface area contributed by atoms with Crippen molar-refractivity contribution in [3.05, 3.63) is 42.0 Å². The van der Waals surface area contributed by atoms with E-state index in [9.17, 15) is 4.79 Å². The summed E-state index contributed by atoms with van der Waals surface area (Å²) in [6, 6.07) is 3.96. The molecular weight excluding hydrogens is 282 g/mol. The molecule has 0 N–H and O–H groups in total. The number of methoxy groups -OCH3 is 1. The summed E-state index contributed by atoms with van der Waals surface area (Å²) in [5, 5.41) is 8.20. The standard InChI is InChI=1S/C15H19N5O2/c1-22-11-13-9-20(18-17-13)14-4-6-19(10-14)15(21)7-12-3-2-5-16-8-12/h2-3,5,8-9,14H,4,6-7,10-11H2,1H3/t14-/m1/s1. The van der Waals surface area contributed by atoms with Crippen LogP contribution >= 0.6 is 0 Å². The van der Waals surface area contributed by atoms with E-state index in [0.717, 1.165) is 24.2 Å². The molecule has 3 heterocycles. The van der Waals surface area contributed by atoms with Crippen LogP contribution in [0, 0.1) is 0 Å². The van der Waals surface area contributed by atoms with Crippen molar-refractivity contribution in [1.29, 1.82) is 0 Å². The highest BCUT2D eigenvalue weighted by molar-refractivity contribution is 5.79. The van der Waals surface area contributed by atoms with E-state index in [1.165, 1.54) is 0 Å². The van der Waals surface area contributed by atoms with Gasteiger partial charge in [-0.25, -0.2) is 4.68 Å². The maximum atomic E-state index is 12.3. The Morgan fingerprint density at radius 2 is 2.41 bits per heavy atom. The van der Waals surface area contributed by atoms with Crippen molar-refractivity contribution in [1.82, 2.24) is 24.9 Å². The Kier molecular flexibility index (Phi) is 4.43. The molecule has 1 saturated heterocycles. The highest BCUT2D eigenvalue weighted by Crippen LogP contribution is 2.21. The number of likely N-dealkylation sites (tertiary alicyclic amines) is 1. The largest absolute Gasteiger partial charge is 0.378 e. The van der Waals surface area contributed by atoms with Gasteiger partial charge in [0.1, 0.15) is 5.69 Å². The molecule has 2 aromatic heterocycles. The molecule has 0 radical (unpaired) electrons. The fourth-order valence-corrected chi connectivity index (χ4v) is 2.68. The van der Waals surface area contributed by atoms with Crippen molar-refractivity contribution in [2.45, 2.75) is 25.5 Å². The molecule has 0 bridgehead atoms. The van der Waals surface area contributed by atoms with E-state index >= 15 is 0 Å². The summed E-state index contributed by atoms with van der Waals surface area (Å²) in [5.41, 5.74) is 1.75. The second-order valence-corrected chi connectivity index (χ2v) is 5.44. The summed E-state index contributed by atoms with van der Waals surface area (Å²) in [6.07, 6.45) is 6.63. The SMILES string of the molecule is COCc1cn([C@@H]2CCN(C(=O)Cc3cccnc3)C2)nn1. The number of hydrogen-bond acceptors (Lipinski definition) is 5. The van der Waals surface area contributed by atoms with Gasteiger partial charge in [-0.3, -0.25) is 9.78 Å². The fourth-order valence-electron chi connectivity index (χ4n) is 2.68. The molecule has 22 heavy (non-hydrogen) atoms. The first-order chi connectivity index (χ1) is 10.8. The van der Waals surface area contributed by atoms with Gasteiger partial charge in [-0.2, -0.15) is 0 Å². The van der Waals surface area contributed by atoms with Gasteiger partial charge in [0.05, 0.1) is 25.3 Å². The smallest absolute Gasteiger partial charge is 0.227 e. The minimum atomic E-state index is 0.132. The number of aromatic nitrogens is 4. The Labute approximate surface area is 128 Å². The molecule has 0 aliphatic carbocycles. The number of ether oxygens (including phenoxy) is 1. The Morgan fingerprint density at radius 3 is 3.18 bits per heavy atom. The van der Waals surface area contributed by atoms with Crippen LogP contribution in [0.1, 0.15) is 23.7 Å². The number of hydrogen-bond donors (Lipinski definition) is 0. The number of carbonyl (C=O) groups excluding carboxylic acids is 1. The Hall–Kier alpha value is -2.28. The van der Waals surface area contributed by atoms with Crippen LogP contribution in [-0.4, -0.2) is 51.0 Å². The molecular formula is C15H19N5O2. The van der Waals surface area contributed by atoms with E-state index in [1.54, 1.807) is 19.5 Å². The highest BCUT2D eigenvalue weighted by atomic mass is 16.5. The summed E-state index contributed by atoms with van der Waals surface area (Å²) in [6.45, 7) is 1.88. The van der Waals surface area contributed by atoms with E-state index in [1.807, 2.05) is 27.9 Å². The van der Waals surface area contributed by atoms with E-state index in [4.69, 9.17) is 4.74 Å². The lowest BCUT2D eigenvalue weighted by Gasteiger charge is -2.16. The number of carbonyl (C=O) groups is 1. The molecule has 1 atom stereocenters. The number of rotatable bonds is 5. The molecule has 7 nitrogen and oxygen atoms in total. The van der Waals surface area contributed by atoms with E-state index in [0.29, 0.717) is 19.6 Å². The van der Waals surface area contributed by atoms with Gasteiger partial charge in [0.15, 0.2) is 0 Å². The second kappa shape index (κ2) is 6.65. The molecule has 1 amide bonds. The summed E-state index contributed by atoms with van der Waals surface area (Å²) in [4.78, 5) is 18.3. The summed E-state index contributed by atoms with van der Waals surface area (Å²) in [5.74, 6) is 0.132. The average Bonchev–Trinajstić information content (AvgIpc) is 3.17. The summed E-state index contributed by atoms with van der Waals surface area (Å²) in [7, 11) is 1.63. The molecule has 3 rings (SSSR count). The van der Waals surface area contributed by atoms with Crippen molar-refractivity contribution in [3.63, 3.8) is 0 Å². The first kappa shape index (κ1) is 14.6. The lowest BCUT2D eigenvalue weighted by Crippen LogP contribution is -2.30. The molecule has 0 unspecified atom stereocenters. The third-order valence-electron chi connectivity index (χ3n) is 3.82. The topological polar surface area (TPSA) is 73.1 Å². The maximum Gasteiger partial charge on any atom is 0.227 e. The molecule has 0 saturated carbocycles. The zero-order chi connectivity index (χ0) is 15.4. The molecule has 1 fully saturated rings. The predicted molar refractivity (Wildman–Crippen MR) is 78.9 cm³/mol. The molecule has 0 spiro atoms. The van der Waals surface area contributed by atoms with Gasteiger partial charge in [-0.05, 0) is 18.1 Å². The van der Waals surface area contributed by atoms with Crippen molar-refractivity contribution < 1.29 is 9.53 Å². The van der Waals surface area contributed by atoms with Crippen molar-refractivity contribution in [2.24, 2.45) is 0 Å². The van der Waals surface area contributed by atoms with Gasteiger partial charge in [-0.1, -0.05) is 11.3 Å². The fraction of sp³-hybridized carbons (Fsp3) is 0.467. The van der Waals surface area contributed by atoms with Crippen LogP contribution in [0.25, 0.3) is 0 Å². The Bertz CT molecular complexity index is 628. The van der Waals surface area contributed by atoms with E-state index in [2.05, 4.69) is 15.3 Å². The molecule has 116 valence electrons. The zero-order valence-corrected chi connectivity index (χ0v) is 12.6. The van der Waals surface area contributed by atoms with Crippen LogP contribution in [0.15, 0.2) is 30.7 Å². The second-order valence-electron chi connectivity index (χ2n) is 5.44. The van der Waals surface area contributed by atoms with Crippen molar-refractivity contribution >= 4 is 5.91 Å². The van der Waals surface area contributed by atoms with Gasteiger partial charge in [0, 0.05) is 32.6 Å². The van der Waals surface area contributed by atoms with Gasteiger partial charge >= 0.3 is 0 Å². The number of amides is 1. The van der Waals surface area contributed by atoms with E-state index < -0.39 is 0 Å². The van der Waals surface area contributed by atoms with Crippen LogP contribution in [0.3, 0.4) is 0 Å². The third kappa shape index (κ3) is 3.30. The molecule has 2 aromatic rings. The summed E-state index contributed by atoms with van der Waals surface area (Å²) >= 11 is 0. The number of nitrogens with zero attached hydrogens (tertiary/aromatic N) is 5. The van der Waals surface area contributed by atoms with Gasteiger partial charge < -0.3 is 9.64 Å². The van der Waals surface area contributed by atoms with E-state index in [-0.39, 0.29) is 11.9 Å². The van der Waals surface area contributed by atoms with Crippen LogP contribution in [-0.2, 0) is 22.6 Å². The van der Waals surface area contributed by atoms with Crippen molar-refractivity contribution in [2.75, 3.05) is 20.2 Å². The molecule has 0 aromatic carbocycles. The quantitative estimate of drug-likeness (QED) is 0.818. The van der Waals surface area contributed by atoms with Gasteiger partial charge in [0.2, 0.25) is 5.91 Å². The first-order valence-electron chi connectivity index (χ1n) is 7.32. The normalized spacial score (nSPS) is 17.9. The molecule has 1 aliphatic heterocycles. The minimum absolute atomic E-state index is 0.132. The molecule has 7 heteroatoms. The Balaban J connectivity index is 1.58. The zero-order valence-electron chi connectivity index (χ0n) is 12.6. The van der Waals surface area contributed by atoms with Gasteiger partial charge in [-0.15, -0.1) is 5.10 Å². The van der Waals surface area contributed by atoms with Crippen LogP contribution in [0.5, 0.6) is 0 Å². The first-order valence-corrected chi connectivity index (χ1v) is 7.32. The van der Waals surface area contributed by atoms with Crippen LogP contribution in [0.2, 0.25) is 0 Å². The number of pyridine rings is 1. The lowest BCUT2D eigenvalue weighted by molar-refractivity contribution is -0.129.